The van der Waals surface area contributed by atoms with Crippen molar-refractivity contribution in [1.82, 2.24) is 10.8 Å². The van der Waals surface area contributed by atoms with Crippen molar-refractivity contribution in [3.05, 3.63) is 30.3 Å². The van der Waals surface area contributed by atoms with E-state index in [4.69, 9.17) is 0 Å². The van der Waals surface area contributed by atoms with Gasteiger partial charge in [-0.05, 0) is 12.1 Å². The molecule has 0 bridgehead atoms. The highest BCUT2D eigenvalue weighted by atomic mass is 32.2. The maximum absolute atomic E-state index is 10.9. The number of amides is 2. The highest BCUT2D eigenvalue weighted by molar-refractivity contribution is 7.99. The predicted octanol–water partition coefficient (Wildman–Crippen LogP) is 1.64. The third-order valence-corrected chi connectivity index (χ3v) is 2.61. The maximum Gasteiger partial charge on any atom is 0.338 e. The number of benzene rings is 1. The van der Waals surface area contributed by atoms with E-state index in [0.29, 0.717) is 6.54 Å². The smallest absolute Gasteiger partial charge is 0.336 e. The molecular formula is C10H14N2O2S. The molecule has 82 valence electrons. The fourth-order valence-corrected chi connectivity index (χ4v) is 1.77. The van der Waals surface area contributed by atoms with Crippen LogP contribution in [0, 0.1) is 0 Å². The van der Waals surface area contributed by atoms with Crippen LogP contribution in [0.1, 0.15) is 0 Å². The lowest BCUT2D eigenvalue weighted by atomic mass is 10.4. The van der Waals surface area contributed by atoms with E-state index in [2.05, 4.69) is 15.6 Å². The van der Waals surface area contributed by atoms with Crippen molar-refractivity contribution in [1.29, 1.82) is 0 Å². The molecule has 0 aliphatic carbocycles. The van der Waals surface area contributed by atoms with Crippen molar-refractivity contribution < 1.29 is 9.63 Å². The summed E-state index contributed by atoms with van der Waals surface area (Å²) >= 11 is 1.70. The molecule has 0 saturated heterocycles. The van der Waals surface area contributed by atoms with Crippen LogP contribution in [-0.4, -0.2) is 25.4 Å². The third-order valence-electron chi connectivity index (χ3n) is 1.59. The Morgan fingerprint density at radius 2 is 2.13 bits per heavy atom. The van der Waals surface area contributed by atoms with E-state index in [0.717, 1.165) is 5.75 Å². The van der Waals surface area contributed by atoms with Gasteiger partial charge in [-0.2, -0.15) is 0 Å². The first-order valence-corrected chi connectivity index (χ1v) is 5.56. The van der Waals surface area contributed by atoms with Gasteiger partial charge in [-0.1, -0.05) is 18.2 Å². The Kier molecular flexibility index (Phi) is 5.65. The van der Waals surface area contributed by atoms with Crippen LogP contribution in [0.25, 0.3) is 0 Å². The lowest BCUT2D eigenvalue weighted by Crippen LogP contribution is -2.35. The second-order valence-electron chi connectivity index (χ2n) is 2.72. The minimum absolute atomic E-state index is 0.314. The summed E-state index contributed by atoms with van der Waals surface area (Å²) < 4.78 is 0. The largest absolute Gasteiger partial charge is 0.338 e. The molecule has 1 aromatic carbocycles. The zero-order chi connectivity index (χ0) is 10.9. The number of hydrogen-bond donors (Lipinski definition) is 2. The molecular weight excluding hydrogens is 212 g/mol. The van der Waals surface area contributed by atoms with Gasteiger partial charge in [0.25, 0.3) is 0 Å². The molecule has 4 nitrogen and oxygen atoms in total. The van der Waals surface area contributed by atoms with Crippen LogP contribution in [0.15, 0.2) is 35.2 Å². The lowest BCUT2D eigenvalue weighted by molar-refractivity contribution is 0.108. The molecule has 0 unspecified atom stereocenters. The van der Waals surface area contributed by atoms with Crippen LogP contribution < -0.4 is 10.8 Å². The number of rotatable bonds is 5. The van der Waals surface area contributed by atoms with Gasteiger partial charge < -0.3 is 5.32 Å². The van der Waals surface area contributed by atoms with Crippen LogP contribution in [0.3, 0.4) is 0 Å². The molecule has 0 heterocycles. The van der Waals surface area contributed by atoms with Gasteiger partial charge in [-0.15, -0.1) is 11.8 Å². The summed E-state index contributed by atoms with van der Waals surface area (Å²) in [5, 5.41) is 2.66. The van der Waals surface area contributed by atoms with Crippen molar-refractivity contribution in [3.8, 4) is 0 Å². The van der Waals surface area contributed by atoms with Gasteiger partial charge in [-0.25, -0.2) is 10.3 Å². The Morgan fingerprint density at radius 1 is 1.40 bits per heavy atom. The van der Waals surface area contributed by atoms with Crippen molar-refractivity contribution in [2.24, 2.45) is 0 Å². The summed E-state index contributed by atoms with van der Waals surface area (Å²) in [4.78, 5) is 16.5. The van der Waals surface area contributed by atoms with E-state index < -0.39 is 0 Å². The second kappa shape index (κ2) is 7.14. The highest BCUT2D eigenvalue weighted by Gasteiger charge is 1.97. The first kappa shape index (κ1) is 11.9. The number of urea groups is 1. The Balaban J connectivity index is 2.10. The molecule has 0 fully saturated rings. The van der Waals surface area contributed by atoms with Crippen LogP contribution in [0.5, 0.6) is 0 Å². The molecule has 0 atom stereocenters. The molecule has 15 heavy (non-hydrogen) atoms. The number of thioether (sulfide) groups is 1. The molecule has 1 aromatic rings. The summed E-state index contributed by atoms with van der Waals surface area (Å²) in [5.74, 6) is 0.834. The van der Waals surface area contributed by atoms with Crippen LogP contribution in [0.2, 0.25) is 0 Å². The van der Waals surface area contributed by atoms with Crippen molar-refractivity contribution in [2.75, 3.05) is 19.4 Å². The highest BCUT2D eigenvalue weighted by Crippen LogP contribution is 2.15. The molecule has 0 saturated carbocycles. The summed E-state index contributed by atoms with van der Waals surface area (Å²) in [6.45, 7) is 0.606. The van der Waals surface area contributed by atoms with Crippen molar-refractivity contribution in [3.63, 3.8) is 0 Å². The first-order chi connectivity index (χ1) is 7.33. The lowest BCUT2D eigenvalue weighted by Gasteiger charge is -2.04. The number of nitrogens with one attached hydrogen (secondary N) is 2. The van der Waals surface area contributed by atoms with E-state index in [1.54, 1.807) is 11.8 Å². The number of hydroxylamine groups is 1. The maximum atomic E-state index is 10.9. The van der Waals surface area contributed by atoms with Crippen LogP contribution >= 0.6 is 11.8 Å². The average molecular weight is 226 g/mol. The Bertz CT molecular complexity index is 293. The predicted molar refractivity (Wildman–Crippen MR) is 60.7 cm³/mol. The van der Waals surface area contributed by atoms with Crippen LogP contribution in [-0.2, 0) is 4.84 Å². The van der Waals surface area contributed by atoms with Crippen LogP contribution in [0.4, 0.5) is 4.79 Å². The summed E-state index contributed by atoms with van der Waals surface area (Å²) in [7, 11) is 1.40. The minimum atomic E-state index is -0.314. The number of hydrogen-bond acceptors (Lipinski definition) is 3. The van der Waals surface area contributed by atoms with Gasteiger partial charge in [-0.3, -0.25) is 4.84 Å². The van der Waals surface area contributed by atoms with Gasteiger partial charge in [0.1, 0.15) is 0 Å². The fraction of sp³-hybridized carbons (Fsp3) is 0.300. The molecule has 2 amide bonds. The molecule has 1 rings (SSSR count). The summed E-state index contributed by atoms with van der Waals surface area (Å²) in [5.41, 5.74) is 2.18. The van der Waals surface area contributed by atoms with Gasteiger partial charge >= 0.3 is 6.03 Å². The van der Waals surface area contributed by atoms with E-state index in [9.17, 15) is 4.79 Å². The molecule has 0 radical (unpaired) electrons. The fourth-order valence-electron chi connectivity index (χ4n) is 0.979. The molecule has 0 aliphatic rings. The molecule has 0 spiro atoms. The zero-order valence-electron chi connectivity index (χ0n) is 8.53. The Morgan fingerprint density at radius 3 is 2.80 bits per heavy atom. The first-order valence-electron chi connectivity index (χ1n) is 4.57. The van der Waals surface area contributed by atoms with Gasteiger partial charge in [0.05, 0.1) is 7.11 Å². The topological polar surface area (TPSA) is 50.4 Å². The molecule has 0 aromatic heterocycles. The molecule has 5 heteroatoms. The van der Waals surface area contributed by atoms with E-state index in [1.165, 1.54) is 12.0 Å². The number of carbonyl (C=O) groups is 1. The van der Waals surface area contributed by atoms with E-state index in [1.807, 2.05) is 30.3 Å². The monoisotopic (exact) mass is 226 g/mol. The van der Waals surface area contributed by atoms with Gasteiger partial charge in [0.15, 0.2) is 0 Å². The third kappa shape index (κ3) is 5.29. The van der Waals surface area contributed by atoms with Crippen molar-refractivity contribution in [2.45, 2.75) is 4.90 Å². The molecule has 0 aliphatic heterocycles. The zero-order valence-corrected chi connectivity index (χ0v) is 9.34. The Labute approximate surface area is 93.3 Å². The van der Waals surface area contributed by atoms with Gasteiger partial charge in [0.2, 0.25) is 0 Å². The number of carbonyl (C=O) groups excluding carboxylic acids is 1. The van der Waals surface area contributed by atoms with Gasteiger partial charge in [0, 0.05) is 17.2 Å². The minimum Gasteiger partial charge on any atom is -0.336 e. The SMILES string of the molecule is CONC(=O)NCCSc1ccccc1. The average Bonchev–Trinajstić information content (AvgIpc) is 2.26. The Hall–Kier alpha value is -1.20. The van der Waals surface area contributed by atoms with E-state index >= 15 is 0 Å². The summed E-state index contributed by atoms with van der Waals surface area (Å²) in [6.07, 6.45) is 0. The molecule has 2 N–H and O–H groups in total. The summed E-state index contributed by atoms with van der Waals surface area (Å²) in [6, 6.07) is 9.74. The second-order valence-corrected chi connectivity index (χ2v) is 3.89. The van der Waals surface area contributed by atoms with Crippen molar-refractivity contribution >= 4 is 17.8 Å². The standard InChI is InChI=1S/C10H14N2O2S/c1-14-12-10(13)11-7-8-15-9-5-3-2-4-6-9/h2-6H,7-8H2,1H3,(H2,11,12,13). The van der Waals surface area contributed by atoms with E-state index in [-0.39, 0.29) is 6.03 Å². The quantitative estimate of drug-likeness (QED) is 0.456. The normalized spacial score (nSPS) is 9.67.